The second-order valence-corrected chi connectivity index (χ2v) is 5.06. The lowest BCUT2D eigenvalue weighted by molar-refractivity contribution is -0.385. The fraction of sp³-hybridized carbons (Fsp3) is 0.250. The summed E-state index contributed by atoms with van der Waals surface area (Å²) in [5.74, 6) is -0.398. The zero-order chi connectivity index (χ0) is 16.8. The molecule has 1 atom stereocenters. The quantitative estimate of drug-likeness (QED) is 0.623. The van der Waals surface area contributed by atoms with Crippen LogP contribution < -0.4 is 4.90 Å². The Hall–Kier alpha value is -2.96. The number of anilines is 1. The number of carboxylic acid groups (broad SMARTS) is 1. The van der Waals surface area contributed by atoms with Crippen LogP contribution in [0.1, 0.15) is 24.9 Å². The number of aromatic nitrogens is 1. The Balaban J connectivity index is 2.29. The van der Waals surface area contributed by atoms with Gasteiger partial charge in [-0.2, -0.15) is 0 Å². The summed E-state index contributed by atoms with van der Waals surface area (Å²) in [5, 5.41) is 19.7. The van der Waals surface area contributed by atoms with Gasteiger partial charge in [0.15, 0.2) is 0 Å². The lowest BCUT2D eigenvalue weighted by atomic mass is 10.1. The zero-order valence-electron chi connectivity index (χ0n) is 12.6. The van der Waals surface area contributed by atoms with Crippen molar-refractivity contribution < 1.29 is 14.8 Å². The molecule has 0 saturated heterocycles. The summed E-state index contributed by atoms with van der Waals surface area (Å²) in [6.07, 6.45) is 1.14. The molecule has 120 valence electrons. The number of hydrogen-bond acceptors (Lipinski definition) is 5. The van der Waals surface area contributed by atoms with E-state index in [1.54, 1.807) is 6.07 Å². The Kier molecular flexibility index (Phi) is 5.24. The molecule has 0 aliphatic heterocycles. The Bertz CT molecular complexity index is 673. The van der Waals surface area contributed by atoms with Gasteiger partial charge in [0.25, 0.3) is 5.69 Å². The number of carbonyl (C=O) groups is 1. The van der Waals surface area contributed by atoms with Crippen LogP contribution >= 0.6 is 0 Å². The van der Waals surface area contributed by atoms with Crippen LogP contribution in [-0.2, 0) is 4.79 Å². The van der Waals surface area contributed by atoms with Crippen LogP contribution in [0.5, 0.6) is 0 Å². The number of hydrogen-bond donors (Lipinski definition) is 1. The van der Waals surface area contributed by atoms with Gasteiger partial charge in [-0.3, -0.25) is 14.9 Å². The molecule has 1 heterocycles. The van der Waals surface area contributed by atoms with Crippen molar-refractivity contribution in [2.45, 2.75) is 19.4 Å². The molecule has 0 saturated carbocycles. The number of nitro groups is 1. The third kappa shape index (κ3) is 4.26. The molecule has 0 bridgehead atoms. The molecule has 1 aromatic carbocycles. The molecule has 0 fully saturated rings. The lowest BCUT2D eigenvalue weighted by Crippen LogP contribution is -2.30. The van der Waals surface area contributed by atoms with Gasteiger partial charge < -0.3 is 10.0 Å². The van der Waals surface area contributed by atoms with Crippen molar-refractivity contribution in [1.82, 2.24) is 4.98 Å². The summed E-state index contributed by atoms with van der Waals surface area (Å²) < 4.78 is 0. The van der Waals surface area contributed by atoms with Crippen LogP contribution in [0.4, 0.5) is 11.5 Å². The van der Waals surface area contributed by atoms with Gasteiger partial charge >= 0.3 is 5.97 Å². The Morgan fingerprint density at radius 3 is 2.52 bits per heavy atom. The van der Waals surface area contributed by atoms with Crippen LogP contribution in [-0.4, -0.2) is 27.5 Å². The molecule has 2 rings (SSSR count). The summed E-state index contributed by atoms with van der Waals surface area (Å²) >= 11 is 0. The largest absolute Gasteiger partial charge is 0.481 e. The monoisotopic (exact) mass is 315 g/mol. The molecule has 1 unspecified atom stereocenters. The number of benzene rings is 1. The lowest BCUT2D eigenvalue weighted by Gasteiger charge is -2.30. The third-order valence-corrected chi connectivity index (χ3v) is 3.55. The first-order valence-corrected chi connectivity index (χ1v) is 7.13. The first kappa shape index (κ1) is 16.4. The van der Waals surface area contributed by atoms with Crippen LogP contribution in [0.2, 0.25) is 0 Å². The van der Waals surface area contributed by atoms with E-state index in [1.807, 2.05) is 42.2 Å². The van der Waals surface area contributed by atoms with Crippen molar-refractivity contribution in [3.8, 4) is 0 Å². The van der Waals surface area contributed by atoms with E-state index in [4.69, 9.17) is 5.11 Å². The molecule has 23 heavy (non-hydrogen) atoms. The minimum atomic E-state index is -0.905. The molecule has 0 spiro atoms. The third-order valence-electron chi connectivity index (χ3n) is 3.55. The second kappa shape index (κ2) is 7.35. The van der Waals surface area contributed by atoms with Gasteiger partial charge in [0.05, 0.1) is 17.4 Å². The predicted octanol–water partition coefficient (Wildman–Crippen LogP) is 3.03. The number of nitrogens with zero attached hydrogens (tertiary/aromatic N) is 3. The summed E-state index contributed by atoms with van der Waals surface area (Å²) in [6, 6.07) is 12.4. The first-order valence-electron chi connectivity index (χ1n) is 7.13. The van der Waals surface area contributed by atoms with Crippen LogP contribution in [0, 0.1) is 10.1 Å². The average Bonchev–Trinajstić information content (AvgIpc) is 2.56. The fourth-order valence-corrected chi connectivity index (χ4v) is 2.29. The van der Waals surface area contributed by atoms with Gasteiger partial charge in [-0.05, 0) is 18.6 Å². The predicted molar refractivity (Wildman–Crippen MR) is 85.3 cm³/mol. The van der Waals surface area contributed by atoms with E-state index in [0.29, 0.717) is 5.82 Å². The van der Waals surface area contributed by atoms with Crippen molar-refractivity contribution in [3.05, 3.63) is 64.3 Å². The van der Waals surface area contributed by atoms with E-state index in [1.165, 1.54) is 12.3 Å². The van der Waals surface area contributed by atoms with Crippen molar-refractivity contribution in [2.75, 3.05) is 11.4 Å². The van der Waals surface area contributed by atoms with E-state index in [0.717, 1.165) is 5.56 Å². The highest BCUT2D eigenvalue weighted by atomic mass is 16.6. The fourth-order valence-electron chi connectivity index (χ4n) is 2.29. The standard InChI is InChI=1S/C16H17N3O4/c1-12(13-5-3-2-4-6-13)18(10-9-16(20)21)15-8-7-14(11-17-15)19(22)23/h2-8,11-12H,9-10H2,1H3,(H,20,21). The summed E-state index contributed by atoms with van der Waals surface area (Å²) in [5.41, 5.74) is 0.914. The van der Waals surface area contributed by atoms with Crippen molar-refractivity contribution in [1.29, 1.82) is 0 Å². The minimum absolute atomic E-state index is 0.0458. The molecule has 0 amide bonds. The van der Waals surface area contributed by atoms with Crippen molar-refractivity contribution >= 4 is 17.5 Å². The van der Waals surface area contributed by atoms with E-state index >= 15 is 0 Å². The minimum Gasteiger partial charge on any atom is -0.481 e. The Morgan fingerprint density at radius 2 is 2.00 bits per heavy atom. The van der Waals surface area contributed by atoms with E-state index in [9.17, 15) is 14.9 Å². The highest BCUT2D eigenvalue weighted by Gasteiger charge is 2.19. The zero-order valence-corrected chi connectivity index (χ0v) is 12.6. The number of carboxylic acids is 1. The normalized spacial score (nSPS) is 11.7. The maximum atomic E-state index is 10.9. The number of pyridine rings is 1. The van der Waals surface area contributed by atoms with Gasteiger partial charge in [-0.1, -0.05) is 30.3 Å². The maximum absolute atomic E-state index is 10.9. The molecule has 2 aromatic rings. The second-order valence-electron chi connectivity index (χ2n) is 5.06. The molecule has 0 aliphatic rings. The van der Waals surface area contributed by atoms with E-state index in [2.05, 4.69) is 4.98 Å². The van der Waals surface area contributed by atoms with Crippen molar-refractivity contribution in [2.24, 2.45) is 0 Å². The molecule has 0 aliphatic carbocycles. The van der Waals surface area contributed by atoms with Crippen LogP contribution in [0.3, 0.4) is 0 Å². The average molecular weight is 315 g/mol. The number of aliphatic carboxylic acids is 1. The maximum Gasteiger partial charge on any atom is 0.305 e. The topological polar surface area (TPSA) is 96.6 Å². The smallest absolute Gasteiger partial charge is 0.305 e. The molecular formula is C16H17N3O4. The van der Waals surface area contributed by atoms with Gasteiger partial charge in [-0.25, -0.2) is 4.98 Å². The van der Waals surface area contributed by atoms with E-state index < -0.39 is 10.9 Å². The van der Waals surface area contributed by atoms with Gasteiger partial charge in [0, 0.05) is 12.6 Å². The molecule has 1 N–H and O–H groups in total. The van der Waals surface area contributed by atoms with E-state index in [-0.39, 0.29) is 24.7 Å². The van der Waals surface area contributed by atoms with Gasteiger partial charge in [0.2, 0.25) is 0 Å². The molecule has 7 heteroatoms. The highest BCUT2D eigenvalue weighted by Crippen LogP contribution is 2.26. The summed E-state index contributed by atoms with van der Waals surface area (Å²) in [4.78, 5) is 27.1. The molecule has 7 nitrogen and oxygen atoms in total. The Labute approximate surface area is 133 Å². The first-order chi connectivity index (χ1) is 11.0. The van der Waals surface area contributed by atoms with Crippen LogP contribution in [0.25, 0.3) is 0 Å². The number of rotatable bonds is 7. The van der Waals surface area contributed by atoms with Gasteiger partial charge in [0.1, 0.15) is 12.0 Å². The summed E-state index contributed by atoms with van der Waals surface area (Å²) in [7, 11) is 0. The molecular weight excluding hydrogens is 298 g/mol. The SMILES string of the molecule is CC(c1ccccc1)N(CCC(=O)O)c1ccc([N+](=O)[O-])cn1. The van der Waals surface area contributed by atoms with Crippen LogP contribution in [0.15, 0.2) is 48.7 Å². The molecule has 1 aromatic heterocycles. The molecule has 0 radical (unpaired) electrons. The summed E-state index contributed by atoms with van der Waals surface area (Å²) in [6.45, 7) is 2.20. The Morgan fingerprint density at radius 1 is 1.30 bits per heavy atom. The highest BCUT2D eigenvalue weighted by molar-refractivity contribution is 5.67. The van der Waals surface area contributed by atoms with Crippen molar-refractivity contribution in [3.63, 3.8) is 0 Å². The van der Waals surface area contributed by atoms with Gasteiger partial charge in [-0.15, -0.1) is 0 Å².